The highest BCUT2D eigenvalue weighted by Crippen LogP contribution is 2.26. The zero-order valence-electron chi connectivity index (χ0n) is 17.3. The smallest absolute Gasteiger partial charge is 0.319 e. The average Bonchev–Trinajstić information content (AvgIpc) is 3.17. The normalized spacial score (nSPS) is 14.1. The van der Waals surface area contributed by atoms with E-state index in [1.54, 1.807) is 6.92 Å². The number of carbonyl (C=O) groups excluding carboxylic acids is 2. The summed E-state index contributed by atoms with van der Waals surface area (Å²) in [5.41, 5.74) is 4.62. The van der Waals surface area contributed by atoms with Crippen molar-refractivity contribution in [2.75, 3.05) is 42.9 Å². The molecule has 0 spiro atoms. The predicted molar refractivity (Wildman–Crippen MR) is 118 cm³/mol. The maximum Gasteiger partial charge on any atom is 0.319 e. The number of fused-ring (bicyclic) bond motifs is 1. The number of pyridine rings is 1. The molecule has 156 valence electrons. The number of anilines is 2. The third kappa shape index (κ3) is 4.07. The number of carbonyl (C=O) groups is 2. The van der Waals surface area contributed by atoms with Crippen LogP contribution in [0.3, 0.4) is 0 Å². The van der Waals surface area contributed by atoms with Crippen molar-refractivity contribution in [3.8, 4) is 11.3 Å². The number of hydrogen-bond donors (Lipinski definition) is 2. The van der Waals surface area contributed by atoms with Crippen LogP contribution >= 0.6 is 0 Å². The zero-order valence-corrected chi connectivity index (χ0v) is 17.3. The largest absolute Gasteiger partial charge is 0.368 e. The Balaban J connectivity index is 1.55. The lowest BCUT2D eigenvalue weighted by molar-refractivity contribution is -0.129. The summed E-state index contributed by atoms with van der Waals surface area (Å²) >= 11 is 0. The van der Waals surface area contributed by atoms with E-state index < -0.39 is 0 Å². The molecule has 0 radical (unpaired) electrons. The number of imidazole rings is 1. The summed E-state index contributed by atoms with van der Waals surface area (Å²) in [5.74, 6) is 0.131. The summed E-state index contributed by atoms with van der Waals surface area (Å²) in [7, 11) is 0. The minimum Gasteiger partial charge on any atom is -0.368 e. The van der Waals surface area contributed by atoms with E-state index in [9.17, 15) is 9.59 Å². The molecule has 0 bridgehead atoms. The second kappa shape index (κ2) is 8.44. The van der Waals surface area contributed by atoms with E-state index in [1.807, 2.05) is 52.9 Å². The van der Waals surface area contributed by atoms with E-state index in [-0.39, 0.29) is 11.9 Å². The molecular formula is C22H26N6O2. The van der Waals surface area contributed by atoms with Crippen molar-refractivity contribution >= 4 is 29.0 Å². The molecule has 30 heavy (non-hydrogen) atoms. The number of amides is 3. The summed E-state index contributed by atoms with van der Waals surface area (Å²) in [4.78, 5) is 32.1. The molecule has 1 aliphatic heterocycles. The quantitative estimate of drug-likeness (QED) is 0.698. The van der Waals surface area contributed by atoms with Crippen LogP contribution in [-0.2, 0) is 4.79 Å². The molecule has 0 saturated carbocycles. The Morgan fingerprint density at radius 1 is 1.10 bits per heavy atom. The highest BCUT2D eigenvalue weighted by atomic mass is 16.2. The number of hydrogen-bond acceptors (Lipinski definition) is 4. The molecule has 3 amide bonds. The van der Waals surface area contributed by atoms with Gasteiger partial charge in [-0.2, -0.15) is 0 Å². The second-order valence-electron chi connectivity index (χ2n) is 7.31. The van der Waals surface area contributed by atoms with E-state index in [4.69, 9.17) is 0 Å². The zero-order chi connectivity index (χ0) is 21.1. The van der Waals surface area contributed by atoms with Crippen molar-refractivity contribution in [3.05, 3.63) is 48.8 Å². The number of aromatic nitrogens is 2. The van der Waals surface area contributed by atoms with Crippen LogP contribution in [0.2, 0.25) is 0 Å². The van der Waals surface area contributed by atoms with Gasteiger partial charge in [0.25, 0.3) is 0 Å². The summed E-state index contributed by atoms with van der Waals surface area (Å²) in [6.45, 7) is 7.19. The molecule has 1 saturated heterocycles. The van der Waals surface area contributed by atoms with Gasteiger partial charge in [-0.05, 0) is 25.1 Å². The fourth-order valence-corrected chi connectivity index (χ4v) is 3.75. The maximum absolute atomic E-state index is 11.8. The summed E-state index contributed by atoms with van der Waals surface area (Å²) in [5, 5.41) is 5.57. The minimum absolute atomic E-state index is 0.131. The van der Waals surface area contributed by atoms with Gasteiger partial charge in [0.1, 0.15) is 5.65 Å². The van der Waals surface area contributed by atoms with Gasteiger partial charge in [0, 0.05) is 68.8 Å². The molecule has 2 aromatic heterocycles. The van der Waals surface area contributed by atoms with Crippen LogP contribution < -0.4 is 15.5 Å². The van der Waals surface area contributed by atoms with Gasteiger partial charge in [0.2, 0.25) is 5.91 Å². The first kappa shape index (κ1) is 19.8. The lowest BCUT2D eigenvalue weighted by atomic mass is 10.1. The molecule has 3 aromatic rings. The maximum atomic E-state index is 11.8. The number of benzene rings is 1. The van der Waals surface area contributed by atoms with E-state index in [0.29, 0.717) is 6.54 Å². The molecule has 8 nitrogen and oxygen atoms in total. The summed E-state index contributed by atoms with van der Waals surface area (Å²) in [6.07, 6.45) is 3.87. The molecule has 1 aliphatic rings. The fourth-order valence-electron chi connectivity index (χ4n) is 3.75. The van der Waals surface area contributed by atoms with Crippen molar-refractivity contribution in [2.24, 2.45) is 0 Å². The number of piperazine rings is 1. The molecule has 1 aromatic carbocycles. The SMILES string of the molecule is CCNC(=O)Nc1cccc(-c2cnc3cc(N4CCN(C(C)=O)CC4)ccn23)c1. The average molecular weight is 406 g/mol. The second-order valence-corrected chi connectivity index (χ2v) is 7.31. The molecule has 3 heterocycles. The Morgan fingerprint density at radius 2 is 1.90 bits per heavy atom. The van der Waals surface area contributed by atoms with Crippen LogP contribution in [0.15, 0.2) is 48.8 Å². The Hall–Kier alpha value is -3.55. The summed E-state index contributed by atoms with van der Waals surface area (Å²) < 4.78 is 2.04. The van der Waals surface area contributed by atoms with Crippen molar-refractivity contribution in [2.45, 2.75) is 13.8 Å². The Morgan fingerprint density at radius 3 is 2.63 bits per heavy atom. The van der Waals surface area contributed by atoms with E-state index in [2.05, 4.69) is 32.7 Å². The molecular weight excluding hydrogens is 380 g/mol. The van der Waals surface area contributed by atoms with Gasteiger partial charge >= 0.3 is 6.03 Å². The monoisotopic (exact) mass is 406 g/mol. The van der Waals surface area contributed by atoms with Crippen LogP contribution in [0, 0.1) is 0 Å². The van der Waals surface area contributed by atoms with Crippen LogP contribution in [0.5, 0.6) is 0 Å². The van der Waals surface area contributed by atoms with Gasteiger partial charge in [-0.15, -0.1) is 0 Å². The summed E-state index contributed by atoms with van der Waals surface area (Å²) in [6, 6.07) is 11.7. The minimum atomic E-state index is -0.220. The van der Waals surface area contributed by atoms with E-state index >= 15 is 0 Å². The van der Waals surface area contributed by atoms with Gasteiger partial charge < -0.3 is 20.4 Å². The molecule has 8 heteroatoms. The number of urea groups is 1. The van der Waals surface area contributed by atoms with Crippen LogP contribution in [0.1, 0.15) is 13.8 Å². The van der Waals surface area contributed by atoms with Crippen molar-refractivity contribution < 1.29 is 9.59 Å². The highest BCUT2D eigenvalue weighted by molar-refractivity contribution is 5.90. The molecule has 0 aliphatic carbocycles. The number of nitrogens with one attached hydrogen (secondary N) is 2. The van der Waals surface area contributed by atoms with Crippen molar-refractivity contribution in [3.63, 3.8) is 0 Å². The van der Waals surface area contributed by atoms with Crippen LogP contribution in [0.4, 0.5) is 16.2 Å². The highest BCUT2D eigenvalue weighted by Gasteiger charge is 2.19. The van der Waals surface area contributed by atoms with Gasteiger partial charge in [-0.3, -0.25) is 9.20 Å². The van der Waals surface area contributed by atoms with Gasteiger partial charge in [-0.25, -0.2) is 9.78 Å². The van der Waals surface area contributed by atoms with Crippen molar-refractivity contribution in [1.82, 2.24) is 19.6 Å². The molecule has 0 unspecified atom stereocenters. The Labute approximate surface area is 175 Å². The molecule has 4 rings (SSSR count). The van der Waals surface area contributed by atoms with E-state index in [0.717, 1.165) is 54.5 Å². The number of rotatable bonds is 4. The molecule has 0 atom stereocenters. The lowest BCUT2D eigenvalue weighted by Gasteiger charge is -2.35. The first-order valence-corrected chi connectivity index (χ1v) is 10.2. The van der Waals surface area contributed by atoms with Crippen LogP contribution in [-0.4, -0.2) is 58.9 Å². The Kier molecular flexibility index (Phi) is 5.56. The standard InChI is InChI=1S/C22H26N6O2/c1-3-23-22(30)25-18-6-4-5-17(13-18)20-15-24-21-14-19(7-8-28(20)21)27-11-9-26(10-12-27)16(2)29/h4-8,13-15H,3,9-12H2,1-2H3,(H2,23,25,30). The topological polar surface area (TPSA) is 82.0 Å². The van der Waals surface area contributed by atoms with E-state index in [1.165, 1.54) is 0 Å². The number of nitrogens with zero attached hydrogens (tertiary/aromatic N) is 4. The van der Waals surface area contributed by atoms with Gasteiger partial charge in [-0.1, -0.05) is 12.1 Å². The fraction of sp³-hybridized carbons (Fsp3) is 0.318. The van der Waals surface area contributed by atoms with Gasteiger partial charge in [0.15, 0.2) is 0 Å². The molecule has 1 fully saturated rings. The third-order valence-corrected chi connectivity index (χ3v) is 5.34. The Bertz CT molecular complexity index is 1070. The van der Waals surface area contributed by atoms with Crippen LogP contribution in [0.25, 0.3) is 16.9 Å². The van der Waals surface area contributed by atoms with Crippen molar-refractivity contribution in [1.29, 1.82) is 0 Å². The first-order chi connectivity index (χ1) is 14.5. The predicted octanol–water partition coefficient (Wildman–Crippen LogP) is 2.81. The molecule has 2 N–H and O–H groups in total. The lowest BCUT2D eigenvalue weighted by Crippen LogP contribution is -2.48. The van der Waals surface area contributed by atoms with Gasteiger partial charge in [0.05, 0.1) is 11.9 Å². The third-order valence-electron chi connectivity index (χ3n) is 5.34. The first-order valence-electron chi connectivity index (χ1n) is 10.2.